The topological polar surface area (TPSA) is 72.5 Å². The van der Waals surface area contributed by atoms with Gasteiger partial charge in [-0.15, -0.1) is 0 Å². The van der Waals surface area contributed by atoms with Crippen LogP contribution in [0, 0.1) is 0 Å². The largest absolute Gasteiger partial charge is 0.467 e. The first-order chi connectivity index (χ1) is 15.0. The number of ether oxygens (including phenoxy) is 6. The summed E-state index contributed by atoms with van der Waals surface area (Å²) in [5.41, 5.74) is 1.97. The maximum Gasteiger partial charge on any atom is 0.337 e. The SMILES string of the molecule is COC(=O)[C@@H]1O[C@@H]2OC(C)(C)O[C@@H]2[C@@H](OCc2ccccc2)[C@@H]1OCc1ccccc1. The Morgan fingerprint density at radius 3 is 1.97 bits per heavy atom. The number of esters is 1. The van der Waals surface area contributed by atoms with Crippen molar-refractivity contribution in [3.63, 3.8) is 0 Å². The van der Waals surface area contributed by atoms with Gasteiger partial charge in [0.25, 0.3) is 0 Å². The Morgan fingerprint density at radius 2 is 1.42 bits per heavy atom. The second-order valence-electron chi connectivity index (χ2n) is 8.07. The van der Waals surface area contributed by atoms with E-state index in [1.165, 1.54) is 7.11 Å². The van der Waals surface area contributed by atoms with E-state index in [2.05, 4.69) is 0 Å². The molecule has 0 amide bonds. The highest BCUT2D eigenvalue weighted by molar-refractivity contribution is 5.75. The fourth-order valence-electron chi connectivity index (χ4n) is 3.88. The Labute approximate surface area is 182 Å². The van der Waals surface area contributed by atoms with Gasteiger partial charge in [0.2, 0.25) is 0 Å². The van der Waals surface area contributed by atoms with Gasteiger partial charge in [-0.1, -0.05) is 60.7 Å². The molecular weight excluding hydrogens is 400 g/mol. The molecule has 0 unspecified atom stereocenters. The lowest BCUT2D eigenvalue weighted by Gasteiger charge is -2.41. The molecule has 2 aromatic carbocycles. The van der Waals surface area contributed by atoms with Gasteiger partial charge in [-0.2, -0.15) is 0 Å². The Bertz CT molecular complexity index is 855. The third-order valence-electron chi connectivity index (χ3n) is 5.32. The van der Waals surface area contributed by atoms with E-state index < -0.39 is 42.5 Å². The number of fused-ring (bicyclic) bond motifs is 1. The summed E-state index contributed by atoms with van der Waals surface area (Å²) in [6.07, 6.45) is -3.67. The average Bonchev–Trinajstić information content (AvgIpc) is 3.10. The molecule has 2 aliphatic heterocycles. The number of hydrogen-bond acceptors (Lipinski definition) is 7. The Hall–Kier alpha value is -2.29. The zero-order valence-electron chi connectivity index (χ0n) is 17.9. The smallest absolute Gasteiger partial charge is 0.337 e. The fraction of sp³-hybridized carbons (Fsp3) is 0.458. The summed E-state index contributed by atoms with van der Waals surface area (Å²) in [5.74, 6) is -1.42. The van der Waals surface area contributed by atoms with Crippen molar-refractivity contribution in [2.75, 3.05) is 7.11 Å². The zero-order valence-corrected chi connectivity index (χ0v) is 17.9. The monoisotopic (exact) mass is 428 g/mol. The minimum absolute atomic E-state index is 0.287. The number of benzene rings is 2. The van der Waals surface area contributed by atoms with Crippen LogP contribution in [0.4, 0.5) is 0 Å². The molecule has 2 aromatic rings. The molecule has 2 heterocycles. The van der Waals surface area contributed by atoms with Crippen LogP contribution in [0.5, 0.6) is 0 Å². The van der Waals surface area contributed by atoms with E-state index in [9.17, 15) is 4.79 Å². The van der Waals surface area contributed by atoms with E-state index in [0.29, 0.717) is 6.61 Å². The van der Waals surface area contributed by atoms with E-state index in [1.54, 1.807) is 13.8 Å². The third-order valence-corrected chi connectivity index (χ3v) is 5.32. The molecule has 2 saturated heterocycles. The Kier molecular flexibility index (Phi) is 6.69. The van der Waals surface area contributed by atoms with Crippen LogP contribution in [-0.2, 0) is 46.4 Å². The van der Waals surface area contributed by atoms with Crippen LogP contribution in [0.3, 0.4) is 0 Å². The highest BCUT2D eigenvalue weighted by Crippen LogP contribution is 2.39. The predicted octanol–water partition coefficient (Wildman–Crippen LogP) is 3.21. The van der Waals surface area contributed by atoms with Gasteiger partial charge in [0.1, 0.15) is 18.3 Å². The Balaban J connectivity index is 1.59. The summed E-state index contributed by atoms with van der Waals surface area (Å²) in [6.45, 7) is 4.22. The van der Waals surface area contributed by atoms with E-state index in [-0.39, 0.29) is 6.61 Å². The molecule has 0 bridgehead atoms. The van der Waals surface area contributed by atoms with E-state index in [0.717, 1.165) is 11.1 Å². The van der Waals surface area contributed by atoms with E-state index in [4.69, 9.17) is 28.4 Å². The molecule has 2 aliphatic rings. The minimum Gasteiger partial charge on any atom is -0.467 e. The summed E-state index contributed by atoms with van der Waals surface area (Å²) < 4.78 is 35.4. The van der Waals surface area contributed by atoms with E-state index >= 15 is 0 Å². The molecule has 31 heavy (non-hydrogen) atoms. The zero-order chi connectivity index (χ0) is 21.8. The van der Waals surface area contributed by atoms with Gasteiger partial charge in [-0.05, 0) is 25.0 Å². The molecular formula is C24H28O7. The van der Waals surface area contributed by atoms with Crippen LogP contribution < -0.4 is 0 Å². The normalized spacial score (nSPS) is 29.3. The van der Waals surface area contributed by atoms with Crippen molar-refractivity contribution in [3.05, 3.63) is 71.8 Å². The first-order valence-corrected chi connectivity index (χ1v) is 10.4. The molecule has 0 saturated carbocycles. The van der Waals surface area contributed by atoms with Crippen LogP contribution in [0.15, 0.2) is 60.7 Å². The highest BCUT2D eigenvalue weighted by Gasteiger charge is 2.57. The van der Waals surface area contributed by atoms with Gasteiger partial charge in [-0.3, -0.25) is 0 Å². The van der Waals surface area contributed by atoms with Crippen LogP contribution in [0.1, 0.15) is 25.0 Å². The third kappa shape index (κ3) is 5.14. The lowest BCUT2D eigenvalue weighted by molar-refractivity contribution is -0.270. The molecule has 0 aliphatic carbocycles. The standard InChI is InChI=1S/C24H28O7/c1-24(2)30-21-19(28-15-17-12-8-5-9-13-17)18(27-14-16-10-6-4-7-11-16)20(22(25)26-3)29-23(21)31-24/h4-13,18-21,23H,14-15H2,1-3H3/t18-,19-,20+,21+,23+/m0/s1. The quantitative estimate of drug-likeness (QED) is 0.627. The van der Waals surface area contributed by atoms with Gasteiger partial charge in [-0.25, -0.2) is 4.79 Å². The van der Waals surface area contributed by atoms with Gasteiger partial charge in [0, 0.05) is 0 Å². The highest BCUT2D eigenvalue weighted by atomic mass is 16.8. The molecule has 0 aromatic heterocycles. The van der Waals surface area contributed by atoms with Crippen molar-refractivity contribution in [2.24, 2.45) is 0 Å². The predicted molar refractivity (Wildman–Crippen MR) is 111 cm³/mol. The van der Waals surface area contributed by atoms with Crippen molar-refractivity contribution in [1.29, 1.82) is 0 Å². The summed E-state index contributed by atoms with van der Waals surface area (Å²) in [7, 11) is 1.32. The lowest BCUT2D eigenvalue weighted by atomic mass is 9.98. The minimum atomic E-state index is -1.01. The number of methoxy groups -OCH3 is 1. The maximum absolute atomic E-state index is 12.6. The summed E-state index contributed by atoms with van der Waals surface area (Å²) in [5, 5.41) is 0. The first kappa shape index (κ1) is 21.9. The summed E-state index contributed by atoms with van der Waals surface area (Å²) in [4.78, 5) is 12.6. The van der Waals surface area contributed by atoms with Gasteiger partial charge >= 0.3 is 5.97 Å². The van der Waals surface area contributed by atoms with Gasteiger partial charge < -0.3 is 28.4 Å². The van der Waals surface area contributed by atoms with Gasteiger partial charge in [0.15, 0.2) is 18.2 Å². The molecule has 0 spiro atoms. The molecule has 166 valence electrons. The number of rotatable bonds is 7. The summed E-state index contributed by atoms with van der Waals surface area (Å²) >= 11 is 0. The van der Waals surface area contributed by atoms with Crippen molar-refractivity contribution in [3.8, 4) is 0 Å². The molecule has 5 atom stereocenters. The van der Waals surface area contributed by atoms with Crippen molar-refractivity contribution in [2.45, 2.75) is 63.6 Å². The van der Waals surface area contributed by atoms with Crippen molar-refractivity contribution >= 4 is 5.97 Å². The summed E-state index contributed by atoms with van der Waals surface area (Å²) in [6, 6.07) is 19.5. The second kappa shape index (κ2) is 9.46. The molecule has 7 nitrogen and oxygen atoms in total. The van der Waals surface area contributed by atoms with Gasteiger partial charge in [0.05, 0.1) is 20.3 Å². The second-order valence-corrected chi connectivity index (χ2v) is 8.07. The molecule has 7 heteroatoms. The van der Waals surface area contributed by atoms with E-state index in [1.807, 2.05) is 60.7 Å². The molecule has 2 fully saturated rings. The number of carbonyl (C=O) groups is 1. The Morgan fingerprint density at radius 1 is 0.871 bits per heavy atom. The number of hydrogen-bond donors (Lipinski definition) is 0. The average molecular weight is 428 g/mol. The van der Waals surface area contributed by atoms with Crippen LogP contribution in [0.2, 0.25) is 0 Å². The lowest BCUT2D eigenvalue weighted by Crippen LogP contribution is -2.60. The maximum atomic E-state index is 12.6. The first-order valence-electron chi connectivity index (χ1n) is 10.4. The van der Waals surface area contributed by atoms with Crippen molar-refractivity contribution < 1.29 is 33.2 Å². The number of carbonyl (C=O) groups excluding carboxylic acids is 1. The van der Waals surface area contributed by atoms with Crippen LogP contribution in [-0.4, -0.2) is 49.6 Å². The van der Waals surface area contributed by atoms with Crippen LogP contribution in [0.25, 0.3) is 0 Å². The fourth-order valence-corrected chi connectivity index (χ4v) is 3.88. The molecule has 0 N–H and O–H groups in total. The molecule has 4 rings (SSSR count). The van der Waals surface area contributed by atoms with Crippen LogP contribution >= 0.6 is 0 Å². The van der Waals surface area contributed by atoms with Crippen molar-refractivity contribution in [1.82, 2.24) is 0 Å². The molecule has 0 radical (unpaired) electrons.